The van der Waals surface area contributed by atoms with Gasteiger partial charge in [0.1, 0.15) is 5.82 Å². The standard InChI is InChI=1S/C7H11BN2O3/c1-3-6-9-4-5(8(11)12)7(10-6)13-2/h4,11-12H,3H2,1-2H3. The maximum atomic E-state index is 8.89. The van der Waals surface area contributed by atoms with Crippen LogP contribution in [0.25, 0.3) is 0 Å². The van der Waals surface area contributed by atoms with E-state index in [2.05, 4.69) is 9.97 Å². The fraction of sp³-hybridized carbons (Fsp3) is 0.429. The minimum atomic E-state index is -1.60. The van der Waals surface area contributed by atoms with Crippen LogP contribution in [0.5, 0.6) is 5.88 Å². The normalized spacial score (nSPS) is 9.85. The molecule has 0 atom stereocenters. The molecule has 0 saturated carbocycles. The van der Waals surface area contributed by atoms with Gasteiger partial charge in [0.05, 0.1) is 12.6 Å². The number of ether oxygens (including phenoxy) is 1. The highest BCUT2D eigenvalue weighted by atomic mass is 16.5. The van der Waals surface area contributed by atoms with Crippen molar-refractivity contribution in [3.8, 4) is 5.88 Å². The lowest BCUT2D eigenvalue weighted by atomic mass is 9.82. The third kappa shape index (κ3) is 2.16. The number of rotatable bonds is 3. The van der Waals surface area contributed by atoms with Crippen LogP contribution in [0, 0.1) is 0 Å². The maximum absolute atomic E-state index is 8.89. The van der Waals surface area contributed by atoms with E-state index in [0.29, 0.717) is 12.2 Å². The third-order valence-corrected chi connectivity index (χ3v) is 1.62. The SMILES string of the molecule is CCc1ncc(B(O)O)c(OC)n1. The predicted molar refractivity (Wildman–Crippen MR) is 47.8 cm³/mol. The quantitative estimate of drug-likeness (QED) is 0.570. The molecule has 0 unspecified atom stereocenters. The Morgan fingerprint density at radius 2 is 2.23 bits per heavy atom. The molecule has 1 aromatic heterocycles. The molecule has 13 heavy (non-hydrogen) atoms. The van der Waals surface area contributed by atoms with Crippen molar-refractivity contribution in [3.63, 3.8) is 0 Å². The van der Waals surface area contributed by atoms with Crippen LogP contribution in [-0.4, -0.2) is 34.2 Å². The van der Waals surface area contributed by atoms with Gasteiger partial charge in [-0.25, -0.2) is 4.98 Å². The Morgan fingerprint density at radius 1 is 1.54 bits per heavy atom. The second-order valence-corrected chi connectivity index (χ2v) is 2.48. The Morgan fingerprint density at radius 3 is 2.69 bits per heavy atom. The van der Waals surface area contributed by atoms with Gasteiger partial charge in [-0.2, -0.15) is 4.98 Å². The van der Waals surface area contributed by atoms with Gasteiger partial charge in [0.2, 0.25) is 5.88 Å². The van der Waals surface area contributed by atoms with Crippen LogP contribution < -0.4 is 10.2 Å². The molecule has 0 aliphatic carbocycles. The summed E-state index contributed by atoms with van der Waals surface area (Å²) in [5.74, 6) is 0.822. The molecule has 0 saturated heterocycles. The van der Waals surface area contributed by atoms with Crippen molar-refractivity contribution in [2.24, 2.45) is 0 Å². The Bertz CT molecular complexity index is 293. The van der Waals surface area contributed by atoms with E-state index in [0.717, 1.165) is 0 Å². The van der Waals surface area contributed by atoms with Crippen LogP contribution in [0.4, 0.5) is 0 Å². The first kappa shape index (κ1) is 9.95. The summed E-state index contributed by atoms with van der Waals surface area (Å²) in [6, 6.07) is 0. The van der Waals surface area contributed by atoms with Crippen molar-refractivity contribution in [1.82, 2.24) is 9.97 Å². The van der Waals surface area contributed by atoms with Gasteiger partial charge in [-0.3, -0.25) is 0 Å². The van der Waals surface area contributed by atoms with E-state index >= 15 is 0 Å². The molecule has 5 nitrogen and oxygen atoms in total. The lowest BCUT2D eigenvalue weighted by Gasteiger charge is -2.06. The van der Waals surface area contributed by atoms with Crippen LogP contribution >= 0.6 is 0 Å². The lowest BCUT2D eigenvalue weighted by Crippen LogP contribution is -2.32. The topological polar surface area (TPSA) is 75.5 Å². The molecule has 1 heterocycles. The van der Waals surface area contributed by atoms with Crippen LogP contribution in [-0.2, 0) is 6.42 Å². The molecule has 0 aliphatic rings. The van der Waals surface area contributed by atoms with E-state index in [1.165, 1.54) is 13.3 Å². The van der Waals surface area contributed by atoms with Crippen molar-refractivity contribution in [2.75, 3.05) is 7.11 Å². The van der Waals surface area contributed by atoms with Gasteiger partial charge < -0.3 is 14.8 Å². The van der Waals surface area contributed by atoms with Gasteiger partial charge in [0.15, 0.2) is 0 Å². The van der Waals surface area contributed by atoms with E-state index in [4.69, 9.17) is 14.8 Å². The zero-order valence-corrected chi connectivity index (χ0v) is 7.56. The molecule has 0 spiro atoms. The van der Waals surface area contributed by atoms with Crippen molar-refractivity contribution >= 4 is 12.6 Å². The summed E-state index contributed by atoms with van der Waals surface area (Å²) < 4.78 is 4.88. The zero-order chi connectivity index (χ0) is 9.84. The summed E-state index contributed by atoms with van der Waals surface area (Å²) in [6.07, 6.45) is 2.04. The Balaban J connectivity index is 3.08. The van der Waals surface area contributed by atoms with E-state index in [9.17, 15) is 0 Å². The van der Waals surface area contributed by atoms with E-state index in [1.54, 1.807) is 0 Å². The van der Waals surface area contributed by atoms with Gasteiger partial charge in [-0.05, 0) is 0 Å². The Hall–Kier alpha value is -1.14. The summed E-state index contributed by atoms with van der Waals surface area (Å²) >= 11 is 0. The van der Waals surface area contributed by atoms with Crippen LogP contribution in [0.3, 0.4) is 0 Å². The van der Waals surface area contributed by atoms with E-state index in [-0.39, 0.29) is 11.3 Å². The number of nitrogens with zero attached hydrogens (tertiary/aromatic N) is 2. The van der Waals surface area contributed by atoms with Crippen LogP contribution in [0.2, 0.25) is 0 Å². The van der Waals surface area contributed by atoms with E-state index < -0.39 is 7.12 Å². The second-order valence-electron chi connectivity index (χ2n) is 2.48. The molecular formula is C7H11BN2O3. The highest BCUT2D eigenvalue weighted by molar-refractivity contribution is 6.59. The molecule has 2 N–H and O–H groups in total. The maximum Gasteiger partial charge on any atom is 0.495 e. The first-order valence-corrected chi connectivity index (χ1v) is 3.95. The molecule has 1 rings (SSSR count). The first-order chi connectivity index (χ1) is 6.19. The monoisotopic (exact) mass is 182 g/mol. The minimum absolute atomic E-state index is 0.180. The molecular weight excluding hydrogens is 171 g/mol. The van der Waals surface area contributed by atoms with Crippen molar-refractivity contribution in [1.29, 1.82) is 0 Å². The average molecular weight is 182 g/mol. The van der Waals surface area contributed by atoms with Crippen LogP contribution in [0.15, 0.2) is 6.20 Å². The molecule has 0 amide bonds. The van der Waals surface area contributed by atoms with Crippen molar-refractivity contribution < 1.29 is 14.8 Å². The van der Waals surface area contributed by atoms with Gasteiger partial charge >= 0.3 is 7.12 Å². The lowest BCUT2D eigenvalue weighted by molar-refractivity contribution is 0.388. The minimum Gasteiger partial charge on any atom is -0.481 e. The number of hydrogen-bond donors (Lipinski definition) is 2. The average Bonchev–Trinajstić information content (AvgIpc) is 2.16. The molecule has 1 aromatic rings. The van der Waals surface area contributed by atoms with Gasteiger partial charge in [-0.15, -0.1) is 0 Å². The summed E-state index contributed by atoms with van der Waals surface area (Å²) in [5, 5.41) is 17.8. The highest BCUT2D eigenvalue weighted by Crippen LogP contribution is 2.02. The Labute approximate surface area is 76.6 Å². The molecule has 0 aromatic carbocycles. The number of hydrogen-bond acceptors (Lipinski definition) is 5. The molecule has 70 valence electrons. The first-order valence-electron chi connectivity index (χ1n) is 3.95. The van der Waals surface area contributed by atoms with E-state index in [1.807, 2.05) is 6.92 Å². The summed E-state index contributed by atoms with van der Waals surface area (Å²) in [5.41, 5.74) is 0.180. The van der Waals surface area contributed by atoms with Crippen molar-refractivity contribution in [3.05, 3.63) is 12.0 Å². The summed E-state index contributed by atoms with van der Waals surface area (Å²) in [4.78, 5) is 7.89. The smallest absolute Gasteiger partial charge is 0.481 e. The predicted octanol–water partition coefficient (Wildman–Crippen LogP) is -1.27. The van der Waals surface area contributed by atoms with Crippen LogP contribution in [0.1, 0.15) is 12.7 Å². The molecule has 0 bridgehead atoms. The Kier molecular flexibility index (Phi) is 3.22. The third-order valence-electron chi connectivity index (χ3n) is 1.62. The van der Waals surface area contributed by atoms with Crippen molar-refractivity contribution in [2.45, 2.75) is 13.3 Å². The molecule has 6 heteroatoms. The number of methoxy groups -OCH3 is 1. The molecule has 0 fully saturated rings. The number of aromatic nitrogens is 2. The molecule has 0 radical (unpaired) electrons. The fourth-order valence-electron chi connectivity index (χ4n) is 0.921. The van der Waals surface area contributed by atoms with Gasteiger partial charge in [0, 0.05) is 12.6 Å². The summed E-state index contributed by atoms with van der Waals surface area (Å²) in [6.45, 7) is 1.91. The number of aryl methyl sites for hydroxylation is 1. The molecule has 0 aliphatic heterocycles. The zero-order valence-electron chi connectivity index (χ0n) is 7.56. The highest BCUT2D eigenvalue weighted by Gasteiger charge is 2.18. The van der Waals surface area contributed by atoms with Gasteiger partial charge in [-0.1, -0.05) is 6.92 Å². The van der Waals surface area contributed by atoms with Gasteiger partial charge in [0.25, 0.3) is 0 Å². The largest absolute Gasteiger partial charge is 0.495 e. The summed E-state index contributed by atoms with van der Waals surface area (Å²) in [7, 11) is -0.172. The fourth-order valence-corrected chi connectivity index (χ4v) is 0.921. The second kappa shape index (κ2) is 4.20.